The molecule has 2 N–H and O–H groups in total. The van der Waals surface area contributed by atoms with Crippen molar-refractivity contribution in [1.29, 1.82) is 0 Å². The highest BCUT2D eigenvalue weighted by Crippen LogP contribution is 2.10. The molecule has 0 radical (unpaired) electrons. The fourth-order valence-corrected chi connectivity index (χ4v) is 2.05. The molecular formula is C11H23ClN2O3. The van der Waals surface area contributed by atoms with Gasteiger partial charge in [0.15, 0.2) is 0 Å². The van der Waals surface area contributed by atoms with Crippen molar-refractivity contribution < 1.29 is 14.6 Å². The van der Waals surface area contributed by atoms with E-state index in [9.17, 15) is 4.79 Å². The van der Waals surface area contributed by atoms with Crippen LogP contribution in [0.2, 0.25) is 0 Å². The summed E-state index contributed by atoms with van der Waals surface area (Å²) in [5.74, 6) is 0.146. The van der Waals surface area contributed by atoms with Crippen molar-refractivity contribution in [2.75, 3.05) is 33.4 Å². The van der Waals surface area contributed by atoms with Gasteiger partial charge in [0.1, 0.15) is 0 Å². The van der Waals surface area contributed by atoms with Gasteiger partial charge in [0.25, 0.3) is 0 Å². The summed E-state index contributed by atoms with van der Waals surface area (Å²) in [6.07, 6.45) is 1.10. The monoisotopic (exact) mass is 266 g/mol. The molecule has 0 aromatic heterocycles. The first-order chi connectivity index (χ1) is 7.69. The number of aliphatic hydroxyl groups is 1. The average Bonchev–Trinajstić information content (AvgIpc) is 2.40. The first kappa shape index (κ1) is 16.6. The number of hydrogen-bond acceptors (Lipinski definition) is 4. The minimum absolute atomic E-state index is 0. The van der Waals surface area contributed by atoms with Crippen molar-refractivity contribution in [2.24, 2.45) is 0 Å². The molecule has 1 rings (SSSR count). The van der Waals surface area contributed by atoms with E-state index in [0.717, 1.165) is 6.54 Å². The maximum absolute atomic E-state index is 11.9. The van der Waals surface area contributed by atoms with E-state index in [0.29, 0.717) is 32.0 Å². The lowest BCUT2D eigenvalue weighted by atomic mass is 10.1. The summed E-state index contributed by atoms with van der Waals surface area (Å²) >= 11 is 0. The fraction of sp³-hybridized carbons (Fsp3) is 0.909. The Balaban J connectivity index is 0.00000256. The third kappa shape index (κ3) is 5.21. The molecule has 0 saturated carbocycles. The normalized spacial score (nSPS) is 22.9. The standard InChI is InChI=1S/C11H22N2O3.ClH/c1-9-7-13(11(15)3-5-12-9)10(4-6-14)8-16-2;/h9-10,12,14H,3-8H2,1-2H3;1H/t9?,10-;/m0./s1. The molecule has 0 bridgehead atoms. The molecule has 1 aliphatic rings. The zero-order valence-electron chi connectivity index (χ0n) is 10.5. The smallest absolute Gasteiger partial charge is 0.224 e. The number of amides is 1. The summed E-state index contributed by atoms with van der Waals surface area (Å²) in [6, 6.07) is 0.286. The lowest BCUT2D eigenvalue weighted by molar-refractivity contribution is -0.134. The number of methoxy groups -OCH3 is 1. The zero-order chi connectivity index (χ0) is 12.0. The van der Waals surface area contributed by atoms with E-state index >= 15 is 0 Å². The van der Waals surface area contributed by atoms with Gasteiger partial charge in [-0.1, -0.05) is 0 Å². The lowest BCUT2D eigenvalue weighted by Gasteiger charge is -2.31. The summed E-state index contributed by atoms with van der Waals surface area (Å²) in [5, 5.41) is 12.3. The fourth-order valence-electron chi connectivity index (χ4n) is 2.05. The molecule has 0 aromatic carbocycles. The molecule has 1 saturated heterocycles. The van der Waals surface area contributed by atoms with Gasteiger partial charge in [0.2, 0.25) is 5.91 Å². The first-order valence-corrected chi connectivity index (χ1v) is 5.81. The number of nitrogens with one attached hydrogen (secondary N) is 1. The predicted molar refractivity (Wildman–Crippen MR) is 68.4 cm³/mol. The summed E-state index contributed by atoms with van der Waals surface area (Å²) in [7, 11) is 1.62. The van der Waals surface area contributed by atoms with Gasteiger partial charge in [0.05, 0.1) is 12.6 Å². The van der Waals surface area contributed by atoms with Crippen molar-refractivity contribution in [3.05, 3.63) is 0 Å². The number of nitrogens with zero attached hydrogens (tertiary/aromatic N) is 1. The topological polar surface area (TPSA) is 61.8 Å². The summed E-state index contributed by atoms with van der Waals surface area (Å²) in [6.45, 7) is 4.05. The highest BCUT2D eigenvalue weighted by atomic mass is 35.5. The lowest BCUT2D eigenvalue weighted by Crippen LogP contribution is -2.46. The maximum atomic E-state index is 11.9. The molecule has 1 aliphatic heterocycles. The number of halogens is 1. The Hall–Kier alpha value is -0.360. The Morgan fingerprint density at radius 3 is 2.94 bits per heavy atom. The second-order valence-electron chi connectivity index (χ2n) is 4.27. The van der Waals surface area contributed by atoms with Crippen LogP contribution in [0, 0.1) is 0 Å². The number of rotatable bonds is 5. The van der Waals surface area contributed by atoms with Crippen molar-refractivity contribution in [3.63, 3.8) is 0 Å². The Bertz CT molecular complexity index is 223. The van der Waals surface area contributed by atoms with Crippen LogP contribution in [0.1, 0.15) is 19.8 Å². The van der Waals surface area contributed by atoms with Crippen LogP contribution in [0.3, 0.4) is 0 Å². The van der Waals surface area contributed by atoms with Crippen LogP contribution in [-0.2, 0) is 9.53 Å². The minimum atomic E-state index is -0.00940. The quantitative estimate of drug-likeness (QED) is 0.736. The molecule has 0 aromatic rings. The van der Waals surface area contributed by atoms with Gasteiger partial charge in [-0.15, -0.1) is 12.4 Å². The predicted octanol–water partition coefficient (Wildman–Crippen LogP) is 0.0160. The highest BCUT2D eigenvalue weighted by Gasteiger charge is 2.26. The maximum Gasteiger partial charge on any atom is 0.224 e. The largest absolute Gasteiger partial charge is 0.396 e. The van der Waals surface area contributed by atoms with Crippen molar-refractivity contribution >= 4 is 18.3 Å². The summed E-state index contributed by atoms with van der Waals surface area (Å²) < 4.78 is 5.11. The Morgan fingerprint density at radius 1 is 1.65 bits per heavy atom. The van der Waals surface area contributed by atoms with E-state index in [2.05, 4.69) is 12.2 Å². The molecule has 2 atom stereocenters. The Kier molecular flexibility index (Phi) is 8.51. The van der Waals surface area contributed by atoms with Crippen LogP contribution < -0.4 is 5.32 Å². The van der Waals surface area contributed by atoms with Gasteiger partial charge >= 0.3 is 0 Å². The molecule has 1 amide bonds. The van der Waals surface area contributed by atoms with Crippen LogP contribution in [0.5, 0.6) is 0 Å². The SMILES string of the molecule is COC[C@H](CCO)N1CC(C)NCCC1=O.Cl. The molecule has 0 aliphatic carbocycles. The third-order valence-corrected chi connectivity index (χ3v) is 2.88. The number of carbonyl (C=O) groups excluding carboxylic acids is 1. The summed E-state index contributed by atoms with van der Waals surface area (Å²) in [4.78, 5) is 13.7. The highest BCUT2D eigenvalue weighted by molar-refractivity contribution is 5.85. The number of ether oxygens (including phenoxy) is 1. The van der Waals surface area contributed by atoms with E-state index < -0.39 is 0 Å². The van der Waals surface area contributed by atoms with Crippen molar-refractivity contribution in [3.8, 4) is 0 Å². The zero-order valence-corrected chi connectivity index (χ0v) is 11.3. The van der Waals surface area contributed by atoms with Gasteiger partial charge in [-0.3, -0.25) is 4.79 Å². The number of carbonyl (C=O) groups is 1. The van der Waals surface area contributed by atoms with Crippen LogP contribution in [0.25, 0.3) is 0 Å². The van der Waals surface area contributed by atoms with E-state index in [1.54, 1.807) is 7.11 Å². The molecule has 17 heavy (non-hydrogen) atoms. The van der Waals surface area contributed by atoms with Crippen LogP contribution in [-0.4, -0.2) is 61.4 Å². The van der Waals surface area contributed by atoms with E-state index in [1.165, 1.54) is 0 Å². The van der Waals surface area contributed by atoms with E-state index in [4.69, 9.17) is 9.84 Å². The molecule has 6 heteroatoms. The van der Waals surface area contributed by atoms with Crippen LogP contribution >= 0.6 is 12.4 Å². The molecule has 0 spiro atoms. The molecule has 1 heterocycles. The van der Waals surface area contributed by atoms with Crippen molar-refractivity contribution in [2.45, 2.75) is 31.8 Å². The van der Waals surface area contributed by atoms with Gasteiger partial charge in [0, 0.05) is 39.3 Å². The number of hydrogen-bond donors (Lipinski definition) is 2. The van der Waals surface area contributed by atoms with E-state index in [-0.39, 0.29) is 31.0 Å². The summed E-state index contributed by atoms with van der Waals surface area (Å²) in [5.41, 5.74) is 0. The Morgan fingerprint density at radius 2 is 2.35 bits per heavy atom. The van der Waals surface area contributed by atoms with Crippen LogP contribution in [0.15, 0.2) is 0 Å². The van der Waals surface area contributed by atoms with Gasteiger partial charge in [-0.25, -0.2) is 0 Å². The Labute approximate surface area is 109 Å². The second kappa shape index (κ2) is 8.69. The molecule has 1 unspecified atom stereocenters. The van der Waals surface area contributed by atoms with Crippen molar-refractivity contribution in [1.82, 2.24) is 10.2 Å². The number of aliphatic hydroxyl groups excluding tert-OH is 1. The van der Waals surface area contributed by atoms with Crippen LogP contribution in [0.4, 0.5) is 0 Å². The van der Waals surface area contributed by atoms with E-state index in [1.807, 2.05) is 4.90 Å². The molecule has 5 nitrogen and oxygen atoms in total. The first-order valence-electron chi connectivity index (χ1n) is 5.81. The molecule has 102 valence electrons. The second-order valence-corrected chi connectivity index (χ2v) is 4.27. The molecular weight excluding hydrogens is 244 g/mol. The molecule has 1 fully saturated rings. The minimum Gasteiger partial charge on any atom is -0.396 e. The third-order valence-electron chi connectivity index (χ3n) is 2.88. The van der Waals surface area contributed by atoms with Gasteiger partial charge < -0.3 is 20.1 Å². The van der Waals surface area contributed by atoms with Gasteiger partial charge in [-0.05, 0) is 13.3 Å². The average molecular weight is 267 g/mol. The van der Waals surface area contributed by atoms with Gasteiger partial charge in [-0.2, -0.15) is 0 Å².